The molecule has 0 bridgehead atoms. The Labute approximate surface area is 192 Å². The van der Waals surface area contributed by atoms with Crippen LogP contribution in [0.15, 0.2) is 17.0 Å². The zero-order valence-corrected chi connectivity index (χ0v) is 21.5. The predicted octanol–water partition coefficient (Wildman–Crippen LogP) is 2.03. The minimum Gasteiger partial charge on any atom is -0.458 e. The maximum Gasteiger partial charge on any atom is 0.407 e. The third-order valence-corrected chi connectivity index (χ3v) is 6.09. The van der Waals surface area contributed by atoms with Crippen LogP contribution in [-0.4, -0.2) is 77.4 Å². The molecule has 0 spiro atoms. The molecule has 0 aliphatic carbocycles. The molecule has 1 unspecified atom stereocenters. The van der Waals surface area contributed by atoms with Crippen molar-refractivity contribution in [1.29, 1.82) is 0 Å². The highest BCUT2D eigenvalue weighted by Gasteiger charge is 2.30. The van der Waals surface area contributed by atoms with Crippen molar-refractivity contribution in [2.75, 3.05) is 40.8 Å². The van der Waals surface area contributed by atoms with Crippen molar-refractivity contribution >= 4 is 22.1 Å². The summed E-state index contributed by atoms with van der Waals surface area (Å²) in [5.74, 6) is -0.777. The van der Waals surface area contributed by atoms with Gasteiger partial charge in [-0.2, -0.15) is 4.72 Å². The molecule has 0 aliphatic heterocycles. The quantitative estimate of drug-likeness (QED) is 0.420. The maximum atomic E-state index is 13.1. The minimum absolute atomic E-state index is 0.101. The van der Waals surface area contributed by atoms with Crippen molar-refractivity contribution in [3.63, 3.8) is 0 Å². The molecule has 1 atom stereocenters. The molecule has 32 heavy (non-hydrogen) atoms. The number of alkyl carbamates (subject to hydrolysis) is 1. The van der Waals surface area contributed by atoms with Crippen molar-refractivity contribution in [2.45, 2.75) is 58.1 Å². The molecule has 1 aromatic carbocycles. The molecule has 10 heteroatoms. The second-order valence-corrected chi connectivity index (χ2v) is 11.6. The van der Waals surface area contributed by atoms with Gasteiger partial charge in [-0.1, -0.05) is 17.7 Å². The molecule has 0 heterocycles. The summed E-state index contributed by atoms with van der Waals surface area (Å²) in [5.41, 5.74) is 1.32. The number of hydrogen-bond donors (Lipinski definition) is 2. The van der Waals surface area contributed by atoms with Crippen LogP contribution in [-0.2, 0) is 24.3 Å². The topological polar surface area (TPSA) is 111 Å². The first-order chi connectivity index (χ1) is 14.4. The van der Waals surface area contributed by atoms with Crippen LogP contribution in [0.1, 0.15) is 37.5 Å². The van der Waals surface area contributed by atoms with E-state index in [-0.39, 0.29) is 18.0 Å². The van der Waals surface area contributed by atoms with E-state index in [0.717, 1.165) is 5.56 Å². The van der Waals surface area contributed by atoms with Gasteiger partial charge in [0.15, 0.2) is 0 Å². The number of carbonyl (C=O) groups excluding carboxylic acids is 2. The summed E-state index contributed by atoms with van der Waals surface area (Å²) < 4.78 is 39.7. The molecule has 0 radical (unpaired) electrons. The predicted molar refractivity (Wildman–Crippen MR) is 123 cm³/mol. The number of amides is 1. The number of nitrogens with zero attached hydrogens (tertiary/aromatic N) is 1. The molecule has 0 fully saturated rings. The Morgan fingerprint density at radius 1 is 1.06 bits per heavy atom. The normalized spacial score (nSPS) is 13.4. The number of ether oxygens (including phenoxy) is 2. The number of benzene rings is 1. The van der Waals surface area contributed by atoms with Crippen LogP contribution in [0.2, 0.25) is 0 Å². The Hall–Kier alpha value is -2.17. The molecule has 1 amide bonds. The molecular weight excluding hydrogens is 434 g/mol. The molecule has 2 N–H and O–H groups in total. The fraction of sp³-hybridized carbons (Fsp3) is 0.636. The number of rotatable bonds is 9. The summed E-state index contributed by atoms with van der Waals surface area (Å²) in [6, 6.07) is 2.20. The Bertz CT molecular complexity index is 907. The first-order valence-corrected chi connectivity index (χ1v) is 11.9. The lowest BCUT2D eigenvalue weighted by atomic mass is 10.1. The van der Waals surface area contributed by atoms with E-state index in [1.807, 2.05) is 28.1 Å². The number of hydrogen-bond acceptors (Lipinski definition) is 6. The van der Waals surface area contributed by atoms with Crippen molar-refractivity contribution in [3.8, 4) is 0 Å². The average molecular weight is 473 g/mol. The van der Waals surface area contributed by atoms with Gasteiger partial charge in [-0.3, -0.25) is 4.79 Å². The summed E-state index contributed by atoms with van der Waals surface area (Å²) in [6.07, 6.45) is -0.761. The molecule has 0 saturated carbocycles. The number of aryl methyl sites for hydroxylation is 3. The third kappa shape index (κ3) is 9.54. The van der Waals surface area contributed by atoms with Gasteiger partial charge in [0.1, 0.15) is 24.8 Å². The van der Waals surface area contributed by atoms with E-state index in [0.29, 0.717) is 22.2 Å². The SMILES string of the molecule is Cc1cc(C)c(S(=O)(=O)NC(CNC(=O)OC(C)(C)C)C(=O)OCC[N+](C)(C)C)c(C)c1. The molecule has 1 aromatic rings. The van der Waals surface area contributed by atoms with Crippen LogP contribution >= 0.6 is 0 Å². The van der Waals surface area contributed by atoms with Crippen LogP contribution < -0.4 is 10.0 Å². The Morgan fingerprint density at radius 2 is 1.59 bits per heavy atom. The van der Waals surface area contributed by atoms with Gasteiger partial charge < -0.3 is 19.3 Å². The van der Waals surface area contributed by atoms with Crippen molar-refractivity contribution in [2.24, 2.45) is 0 Å². The van der Waals surface area contributed by atoms with Gasteiger partial charge in [0.05, 0.1) is 26.0 Å². The second kappa shape index (κ2) is 10.6. The number of quaternary nitrogens is 1. The molecule has 0 saturated heterocycles. The highest BCUT2D eigenvalue weighted by atomic mass is 32.2. The molecule has 182 valence electrons. The highest BCUT2D eigenvalue weighted by molar-refractivity contribution is 7.89. The van der Waals surface area contributed by atoms with Crippen LogP contribution in [0.25, 0.3) is 0 Å². The Balaban J connectivity index is 3.08. The van der Waals surface area contributed by atoms with E-state index in [9.17, 15) is 18.0 Å². The molecule has 9 nitrogen and oxygen atoms in total. The van der Waals surface area contributed by atoms with Crippen LogP contribution in [0.3, 0.4) is 0 Å². The van der Waals surface area contributed by atoms with E-state index in [1.54, 1.807) is 46.8 Å². The summed E-state index contributed by atoms with van der Waals surface area (Å²) >= 11 is 0. The van der Waals surface area contributed by atoms with Gasteiger partial charge in [0.25, 0.3) is 0 Å². The lowest BCUT2D eigenvalue weighted by Gasteiger charge is -2.25. The van der Waals surface area contributed by atoms with Gasteiger partial charge in [-0.05, 0) is 52.7 Å². The lowest BCUT2D eigenvalue weighted by molar-refractivity contribution is -0.870. The molecule has 0 aromatic heterocycles. The third-order valence-electron chi connectivity index (χ3n) is 4.31. The fourth-order valence-corrected chi connectivity index (χ4v) is 4.67. The van der Waals surface area contributed by atoms with Crippen molar-refractivity contribution < 1.29 is 32.0 Å². The largest absolute Gasteiger partial charge is 0.458 e. The maximum absolute atomic E-state index is 13.1. The van der Waals surface area contributed by atoms with E-state index >= 15 is 0 Å². The second-order valence-electron chi connectivity index (χ2n) is 9.97. The first kappa shape index (κ1) is 27.9. The number of sulfonamides is 1. The van der Waals surface area contributed by atoms with E-state index in [2.05, 4.69) is 10.0 Å². The Morgan fingerprint density at radius 3 is 2.06 bits per heavy atom. The van der Waals surface area contributed by atoms with Crippen molar-refractivity contribution in [1.82, 2.24) is 10.0 Å². The number of nitrogens with one attached hydrogen (secondary N) is 2. The van der Waals surface area contributed by atoms with Crippen molar-refractivity contribution in [3.05, 3.63) is 28.8 Å². The van der Waals surface area contributed by atoms with Gasteiger partial charge in [-0.15, -0.1) is 0 Å². The highest BCUT2D eigenvalue weighted by Crippen LogP contribution is 2.22. The van der Waals surface area contributed by atoms with E-state index in [4.69, 9.17) is 9.47 Å². The summed E-state index contributed by atoms with van der Waals surface area (Å²) in [7, 11) is 1.77. The standard InChI is InChI=1S/C22H37N3O6S/c1-15-12-16(2)19(17(3)13-15)32(28,29)24-18(14-23-21(27)31-22(4,5)6)20(26)30-11-10-25(7,8)9/h12-13,18,24H,10-11,14H2,1-9H3/p+1. The smallest absolute Gasteiger partial charge is 0.407 e. The zero-order chi connectivity index (χ0) is 24.9. The lowest BCUT2D eigenvalue weighted by Crippen LogP contribution is -2.50. The van der Waals surface area contributed by atoms with Crippen LogP contribution in [0.4, 0.5) is 4.79 Å². The zero-order valence-electron chi connectivity index (χ0n) is 20.7. The van der Waals surface area contributed by atoms with Crippen LogP contribution in [0, 0.1) is 20.8 Å². The summed E-state index contributed by atoms with van der Waals surface area (Å²) in [4.78, 5) is 24.9. The fourth-order valence-electron chi connectivity index (χ4n) is 3.03. The summed E-state index contributed by atoms with van der Waals surface area (Å²) in [5, 5.41) is 2.45. The number of esters is 1. The Kier molecular flexibility index (Phi) is 9.26. The molecule has 0 aliphatic rings. The monoisotopic (exact) mass is 472 g/mol. The van der Waals surface area contributed by atoms with Gasteiger partial charge in [0, 0.05) is 6.54 Å². The van der Waals surface area contributed by atoms with Gasteiger partial charge in [0.2, 0.25) is 10.0 Å². The van der Waals surface area contributed by atoms with Gasteiger partial charge in [-0.25, -0.2) is 13.2 Å². The molecule has 1 rings (SSSR count). The first-order valence-electron chi connectivity index (χ1n) is 10.5. The van der Waals surface area contributed by atoms with Gasteiger partial charge >= 0.3 is 12.1 Å². The summed E-state index contributed by atoms with van der Waals surface area (Å²) in [6.45, 7) is 10.7. The number of carbonyl (C=O) groups is 2. The minimum atomic E-state index is -4.07. The average Bonchev–Trinajstić information content (AvgIpc) is 2.54. The molecular formula is C22H38N3O6S+. The van der Waals surface area contributed by atoms with Crippen LogP contribution in [0.5, 0.6) is 0 Å². The number of likely N-dealkylation sites (N-methyl/N-ethyl adjacent to an activating group) is 1. The van der Waals surface area contributed by atoms with E-state index in [1.165, 1.54) is 0 Å². The van der Waals surface area contributed by atoms with E-state index < -0.39 is 33.7 Å².